The molecule has 0 atom stereocenters. The SMILES string of the molecule is O=C(NCc1ccc(C(F)(F)F)cc1)Nc1nccc2occc12. The quantitative estimate of drug-likeness (QED) is 0.755. The molecule has 5 nitrogen and oxygen atoms in total. The van der Waals surface area contributed by atoms with E-state index < -0.39 is 17.8 Å². The molecule has 0 saturated heterocycles. The first-order valence-corrected chi connectivity index (χ1v) is 6.97. The summed E-state index contributed by atoms with van der Waals surface area (Å²) in [6.45, 7) is 0.0886. The van der Waals surface area contributed by atoms with E-state index in [2.05, 4.69) is 15.6 Å². The molecular formula is C16H12F3N3O2. The Balaban J connectivity index is 1.61. The van der Waals surface area contributed by atoms with E-state index in [1.54, 1.807) is 12.1 Å². The predicted molar refractivity (Wildman–Crippen MR) is 81.3 cm³/mol. The molecule has 0 aliphatic heterocycles. The highest BCUT2D eigenvalue weighted by atomic mass is 19.4. The second-order valence-electron chi connectivity index (χ2n) is 4.99. The molecule has 2 aromatic heterocycles. The van der Waals surface area contributed by atoms with E-state index in [1.807, 2.05) is 0 Å². The molecule has 1 aromatic carbocycles. The Hall–Kier alpha value is -3.03. The average molecular weight is 335 g/mol. The molecule has 3 rings (SSSR count). The Morgan fingerprint density at radius 1 is 1.12 bits per heavy atom. The lowest BCUT2D eigenvalue weighted by atomic mass is 10.1. The fourth-order valence-electron chi connectivity index (χ4n) is 2.14. The molecule has 0 fully saturated rings. The molecule has 2 heterocycles. The van der Waals surface area contributed by atoms with Crippen LogP contribution in [0.4, 0.5) is 23.8 Å². The fraction of sp³-hybridized carbons (Fsp3) is 0.125. The van der Waals surface area contributed by atoms with Gasteiger partial charge in [-0.05, 0) is 29.8 Å². The van der Waals surface area contributed by atoms with Gasteiger partial charge in [0.2, 0.25) is 0 Å². The zero-order valence-electron chi connectivity index (χ0n) is 12.2. The first kappa shape index (κ1) is 15.9. The Bertz CT molecular complexity index is 857. The maximum Gasteiger partial charge on any atom is 0.416 e. The molecule has 0 bridgehead atoms. The summed E-state index contributed by atoms with van der Waals surface area (Å²) >= 11 is 0. The highest BCUT2D eigenvalue weighted by molar-refractivity contribution is 5.97. The van der Waals surface area contributed by atoms with Gasteiger partial charge in [-0.2, -0.15) is 13.2 Å². The number of urea groups is 1. The van der Waals surface area contributed by atoms with E-state index in [1.165, 1.54) is 24.6 Å². The summed E-state index contributed by atoms with van der Waals surface area (Å²) in [5.41, 5.74) is 0.405. The van der Waals surface area contributed by atoms with Crippen molar-refractivity contribution >= 4 is 22.8 Å². The average Bonchev–Trinajstić information content (AvgIpc) is 3.02. The minimum absolute atomic E-state index is 0.0886. The normalized spacial score (nSPS) is 11.5. The Morgan fingerprint density at radius 2 is 1.88 bits per heavy atom. The van der Waals surface area contributed by atoms with Gasteiger partial charge >= 0.3 is 12.2 Å². The number of nitrogens with one attached hydrogen (secondary N) is 2. The number of furan rings is 1. The van der Waals surface area contributed by atoms with E-state index in [4.69, 9.17) is 4.42 Å². The topological polar surface area (TPSA) is 67.2 Å². The van der Waals surface area contributed by atoms with Crippen molar-refractivity contribution in [1.29, 1.82) is 0 Å². The van der Waals surface area contributed by atoms with E-state index in [-0.39, 0.29) is 6.54 Å². The predicted octanol–water partition coefficient (Wildman–Crippen LogP) is 4.17. The number of pyridine rings is 1. The number of anilines is 1. The van der Waals surface area contributed by atoms with Crippen molar-refractivity contribution in [3.05, 3.63) is 60.0 Å². The number of fused-ring (bicyclic) bond motifs is 1. The third-order valence-electron chi connectivity index (χ3n) is 3.35. The van der Waals surface area contributed by atoms with Crippen molar-refractivity contribution in [3.63, 3.8) is 0 Å². The number of benzene rings is 1. The van der Waals surface area contributed by atoms with E-state index in [0.717, 1.165) is 12.1 Å². The lowest BCUT2D eigenvalue weighted by molar-refractivity contribution is -0.137. The van der Waals surface area contributed by atoms with Crippen LogP contribution in [0.1, 0.15) is 11.1 Å². The molecule has 0 unspecified atom stereocenters. The van der Waals surface area contributed by atoms with Gasteiger partial charge in [-0.25, -0.2) is 9.78 Å². The number of amides is 2. The van der Waals surface area contributed by atoms with Crippen LogP contribution in [0.25, 0.3) is 11.0 Å². The number of hydrogen-bond acceptors (Lipinski definition) is 3. The summed E-state index contributed by atoms with van der Waals surface area (Å²) in [6.07, 6.45) is -1.40. The third kappa shape index (κ3) is 3.48. The van der Waals surface area contributed by atoms with Crippen molar-refractivity contribution in [1.82, 2.24) is 10.3 Å². The molecule has 8 heteroatoms. The van der Waals surface area contributed by atoms with Gasteiger partial charge in [0.1, 0.15) is 11.4 Å². The lowest BCUT2D eigenvalue weighted by Gasteiger charge is -2.09. The summed E-state index contributed by atoms with van der Waals surface area (Å²) in [6, 6.07) is 7.41. The molecule has 0 radical (unpaired) electrons. The van der Waals surface area contributed by atoms with Crippen LogP contribution in [0.5, 0.6) is 0 Å². The van der Waals surface area contributed by atoms with E-state index >= 15 is 0 Å². The zero-order chi connectivity index (χ0) is 17.2. The molecule has 0 saturated carbocycles. The number of nitrogens with zero attached hydrogens (tertiary/aromatic N) is 1. The molecule has 2 N–H and O–H groups in total. The second kappa shape index (κ2) is 6.23. The van der Waals surface area contributed by atoms with Crippen molar-refractivity contribution < 1.29 is 22.4 Å². The number of carbonyl (C=O) groups is 1. The maximum absolute atomic E-state index is 12.5. The van der Waals surface area contributed by atoms with Crippen LogP contribution in [0, 0.1) is 0 Å². The first-order chi connectivity index (χ1) is 11.4. The standard InChI is InChI=1S/C16H12F3N3O2/c17-16(18,19)11-3-1-10(2-4-11)9-21-15(23)22-14-12-6-8-24-13(12)5-7-20-14/h1-8H,9H2,(H2,20,21,22,23). The van der Waals surface area contributed by atoms with Crippen LogP contribution in [0.3, 0.4) is 0 Å². The third-order valence-corrected chi connectivity index (χ3v) is 3.35. The van der Waals surface area contributed by atoms with Gasteiger partial charge in [-0.1, -0.05) is 12.1 Å². The van der Waals surface area contributed by atoms with Gasteiger partial charge in [-0.3, -0.25) is 5.32 Å². The van der Waals surface area contributed by atoms with Crippen LogP contribution >= 0.6 is 0 Å². The maximum atomic E-state index is 12.5. The van der Waals surface area contributed by atoms with Gasteiger partial charge < -0.3 is 9.73 Å². The molecule has 24 heavy (non-hydrogen) atoms. The largest absolute Gasteiger partial charge is 0.464 e. The van der Waals surface area contributed by atoms with Gasteiger partial charge in [-0.15, -0.1) is 0 Å². The number of alkyl halides is 3. The molecule has 3 aromatic rings. The number of aromatic nitrogens is 1. The van der Waals surface area contributed by atoms with E-state index in [9.17, 15) is 18.0 Å². The van der Waals surface area contributed by atoms with Crippen molar-refractivity contribution in [3.8, 4) is 0 Å². The molecule has 0 spiro atoms. The highest BCUT2D eigenvalue weighted by Crippen LogP contribution is 2.29. The summed E-state index contributed by atoms with van der Waals surface area (Å²) in [4.78, 5) is 16.0. The van der Waals surface area contributed by atoms with Crippen molar-refractivity contribution in [2.75, 3.05) is 5.32 Å². The van der Waals surface area contributed by atoms with Crippen LogP contribution in [-0.4, -0.2) is 11.0 Å². The fourth-order valence-corrected chi connectivity index (χ4v) is 2.14. The number of hydrogen-bond donors (Lipinski definition) is 2. The lowest BCUT2D eigenvalue weighted by Crippen LogP contribution is -2.28. The number of halogens is 3. The zero-order valence-corrected chi connectivity index (χ0v) is 12.2. The summed E-state index contributed by atoms with van der Waals surface area (Å²) in [7, 11) is 0. The Morgan fingerprint density at radius 3 is 2.58 bits per heavy atom. The Kier molecular flexibility index (Phi) is 4.11. The monoisotopic (exact) mass is 335 g/mol. The summed E-state index contributed by atoms with van der Waals surface area (Å²) in [5.74, 6) is 0.339. The van der Waals surface area contributed by atoms with Gasteiger partial charge in [0.05, 0.1) is 17.2 Å². The van der Waals surface area contributed by atoms with Gasteiger partial charge in [0, 0.05) is 12.7 Å². The minimum Gasteiger partial charge on any atom is -0.464 e. The molecule has 124 valence electrons. The molecule has 0 aliphatic carbocycles. The summed E-state index contributed by atoms with van der Waals surface area (Å²) < 4.78 is 42.7. The Labute approximate surface area is 134 Å². The van der Waals surface area contributed by atoms with Crippen LogP contribution in [-0.2, 0) is 12.7 Å². The second-order valence-corrected chi connectivity index (χ2v) is 4.99. The highest BCUT2D eigenvalue weighted by Gasteiger charge is 2.29. The molecular weight excluding hydrogens is 323 g/mol. The van der Waals surface area contributed by atoms with Crippen LogP contribution in [0.15, 0.2) is 53.3 Å². The molecule has 0 aliphatic rings. The smallest absolute Gasteiger partial charge is 0.416 e. The van der Waals surface area contributed by atoms with Crippen LogP contribution < -0.4 is 10.6 Å². The minimum atomic E-state index is -4.38. The van der Waals surface area contributed by atoms with E-state index in [0.29, 0.717) is 22.4 Å². The summed E-state index contributed by atoms with van der Waals surface area (Å²) in [5, 5.41) is 5.79. The molecule has 2 amide bonds. The van der Waals surface area contributed by atoms with Crippen LogP contribution in [0.2, 0.25) is 0 Å². The first-order valence-electron chi connectivity index (χ1n) is 6.97. The van der Waals surface area contributed by atoms with Gasteiger partial charge in [0.25, 0.3) is 0 Å². The van der Waals surface area contributed by atoms with Crippen molar-refractivity contribution in [2.24, 2.45) is 0 Å². The van der Waals surface area contributed by atoms with Gasteiger partial charge in [0.15, 0.2) is 0 Å². The van der Waals surface area contributed by atoms with Crippen molar-refractivity contribution in [2.45, 2.75) is 12.7 Å². The number of carbonyl (C=O) groups excluding carboxylic acids is 1. The number of rotatable bonds is 3.